The first kappa shape index (κ1) is 23.2. The highest BCUT2D eigenvalue weighted by Gasteiger charge is 2.30. The minimum atomic E-state index is -3.82. The molecule has 2 heterocycles. The molecule has 2 unspecified atom stereocenters. The molecule has 0 aromatic carbocycles. The summed E-state index contributed by atoms with van der Waals surface area (Å²) in [6.07, 6.45) is 8.97. The van der Waals surface area contributed by atoms with Crippen LogP contribution in [-0.4, -0.2) is 35.3 Å². The Labute approximate surface area is 196 Å². The Morgan fingerprint density at radius 2 is 2.00 bits per heavy atom. The van der Waals surface area contributed by atoms with E-state index in [0.29, 0.717) is 16.8 Å². The molecule has 1 fully saturated rings. The number of pyridine rings is 1. The van der Waals surface area contributed by atoms with Gasteiger partial charge in [0, 0.05) is 18.2 Å². The van der Waals surface area contributed by atoms with Crippen LogP contribution in [0, 0.1) is 0 Å². The molecule has 1 saturated carbocycles. The van der Waals surface area contributed by atoms with Crippen molar-refractivity contribution in [3.63, 3.8) is 0 Å². The summed E-state index contributed by atoms with van der Waals surface area (Å²) in [4.78, 5) is 15.6. The van der Waals surface area contributed by atoms with Crippen LogP contribution in [-0.2, 0) is 26.0 Å². The zero-order valence-electron chi connectivity index (χ0n) is 18.1. The van der Waals surface area contributed by atoms with E-state index in [-0.39, 0.29) is 11.0 Å². The van der Waals surface area contributed by atoms with Crippen molar-refractivity contribution in [1.29, 1.82) is 0 Å². The maximum atomic E-state index is 13.1. The van der Waals surface area contributed by atoms with E-state index < -0.39 is 28.3 Å². The fraction of sp³-hybridized carbons (Fsp3) is 0.571. The van der Waals surface area contributed by atoms with Gasteiger partial charge in [-0.2, -0.15) is 5.10 Å². The van der Waals surface area contributed by atoms with Crippen LogP contribution in [0.15, 0.2) is 27.8 Å². The summed E-state index contributed by atoms with van der Waals surface area (Å²) in [5.74, 6) is 0.0183. The van der Waals surface area contributed by atoms with Crippen molar-refractivity contribution in [2.45, 2.75) is 82.1 Å². The number of fused-ring (bicyclic) bond motifs is 1. The maximum absolute atomic E-state index is 13.1. The van der Waals surface area contributed by atoms with Gasteiger partial charge in [-0.1, -0.05) is 0 Å². The van der Waals surface area contributed by atoms with Gasteiger partial charge in [0.1, 0.15) is 11.0 Å². The fourth-order valence-electron chi connectivity index (χ4n) is 4.37. The van der Waals surface area contributed by atoms with Gasteiger partial charge >= 0.3 is 5.97 Å². The standard InChI is InChI=1S/C21H27BrN4O5S/c1-13(30-14(2)27)26-20-9-5-8-19(17(20)12-24-26)25-32(28,29)16-10-18(22)21(23-11-16)31-15-6-3-4-7-15/h10-13,15,19,25H,3-9H2,1-2H3. The summed E-state index contributed by atoms with van der Waals surface area (Å²) in [5, 5.41) is 4.35. The molecule has 2 aliphatic rings. The molecule has 2 aromatic heterocycles. The number of carbonyl (C=O) groups is 1. The molecule has 32 heavy (non-hydrogen) atoms. The van der Waals surface area contributed by atoms with E-state index >= 15 is 0 Å². The fourth-order valence-corrected chi connectivity index (χ4v) is 6.18. The molecule has 2 aliphatic carbocycles. The lowest BCUT2D eigenvalue weighted by atomic mass is 9.94. The number of hydrogen-bond acceptors (Lipinski definition) is 7. The predicted octanol–water partition coefficient (Wildman–Crippen LogP) is 3.80. The number of rotatable bonds is 7. The molecule has 1 N–H and O–H groups in total. The average molecular weight is 527 g/mol. The van der Waals surface area contributed by atoms with Crippen LogP contribution >= 0.6 is 15.9 Å². The largest absolute Gasteiger partial charge is 0.474 e. The number of ether oxygens (including phenoxy) is 2. The number of sulfonamides is 1. The van der Waals surface area contributed by atoms with E-state index in [2.05, 4.69) is 30.7 Å². The number of nitrogens with one attached hydrogen (secondary N) is 1. The first-order chi connectivity index (χ1) is 15.2. The molecule has 2 aromatic rings. The lowest BCUT2D eigenvalue weighted by Crippen LogP contribution is -2.31. The van der Waals surface area contributed by atoms with Gasteiger partial charge in [-0.05, 0) is 73.9 Å². The van der Waals surface area contributed by atoms with Gasteiger partial charge in [0.25, 0.3) is 0 Å². The van der Waals surface area contributed by atoms with Crippen LogP contribution in [0.25, 0.3) is 0 Å². The summed E-state index contributed by atoms with van der Waals surface area (Å²) in [6.45, 7) is 3.08. The predicted molar refractivity (Wildman–Crippen MR) is 120 cm³/mol. The zero-order chi connectivity index (χ0) is 22.9. The lowest BCUT2D eigenvalue weighted by molar-refractivity contribution is -0.150. The molecular formula is C21H27BrN4O5S. The van der Waals surface area contributed by atoms with Gasteiger partial charge < -0.3 is 9.47 Å². The normalized spacial score (nSPS) is 20.0. The van der Waals surface area contributed by atoms with E-state index in [4.69, 9.17) is 9.47 Å². The lowest BCUT2D eigenvalue weighted by Gasteiger charge is -2.25. The van der Waals surface area contributed by atoms with E-state index in [1.165, 1.54) is 19.2 Å². The SMILES string of the molecule is CC(=O)OC(C)n1ncc2c1CCCC2NS(=O)(=O)c1cnc(OC2CCCC2)c(Br)c1. The van der Waals surface area contributed by atoms with E-state index in [1.54, 1.807) is 17.8 Å². The molecule has 4 rings (SSSR count). The number of hydrogen-bond donors (Lipinski definition) is 1. The number of halogens is 1. The van der Waals surface area contributed by atoms with Crippen LogP contribution in [0.2, 0.25) is 0 Å². The second-order valence-electron chi connectivity index (χ2n) is 8.25. The first-order valence-corrected chi connectivity index (χ1v) is 13.1. The molecule has 0 spiro atoms. The van der Waals surface area contributed by atoms with Crippen LogP contribution < -0.4 is 9.46 Å². The van der Waals surface area contributed by atoms with E-state index in [1.807, 2.05) is 0 Å². The zero-order valence-corrected chi connectivity index (χ0v) is 20.5. The minimum Gasteiger partial charge on any atom is -0.474 e. The Hall–Kier alpha value is -1.98. The molecular weight excluding hydrogens is 500 g/mol. The monoisotopic (exact) mass is 526 g/mol. The quantitative estimate of drug-likeness (QED) is 0.545. The maximum Gasteiger partial charge on any atom is 0.304 e. The highest BCUT2D eigenvalue weighted by molar-refractivity contribution is 9.10. The molecule has 0 radical (unpaired) electrons. The highest BCUT2D eigenvalue weighted by atomic mass is 79.9. The molecule has 9 nitrogen and oxygen atoms in total. The minimum absolute atomic E-state index is 0.0657. The second kappa shape index (κ2) is 9.48. The molecule has 174 valence electrons. The number of carbonyl (C=O) groups excluding carboxylic acids is 1. The van der Waals surface area contributed by atoms with Gasteiger partial charge in [0.05, 0.1) is 22.9 Å². The van der Waals surface area contributed by atoms with Crippen LogP contribution in [0.4, 0.5) is 0 Å². The molecule has 0 aliphatic heterocycles. The third kappa shape index (κ3) is 4.99. The highest BCUT2D eigenvalue weighted by Crippen LogP contribution is 2.34. The average Bonchev–Trinajstić information content (AvgIpc) is 3.39. The number of aromatic nitrogens is 3. The van der Waals surface area contributed by atoms with Crippen molar-refractivity contribution in [1.82, 2.24) is 19.5 Å². The molecule has 0 saturated heterocycles. The first-order valence-electron chi connectivity index (χ1n) is 10.8. The Balaban J connectivity index is 1.51. The molecule has 0 amide bonds. The Morgan fingerprint density at radius 1 is 1.25 bits per heavy atom. The summed E-state index contributed by atoms with van der Waals surface area (Å²) in [5.41, 5.74) is 1.67. The van der Waals surface area contributed by atoms with E-state index in [9.17, 15) is 13.2 Å². The Morgan fingerprint density at radius 3 is 2.69 bits per heavy atom. The van der Waals surface area contributed by atoms with Crippen molar-refractivity contribution < 1.29 is 22.7 Å². The van der Waals surface area contributed by atoms with Crippen LogP contribution in [0.3, 0.4) is 0 Å². The number of esters is 1. The summed E-state index contributed by atoms with van der Waals surface area (Å²) in [6, 6.07) is 1.10. The van der Waals surface area contributed by atoms with Gasteiger partial charge in [-0.15, -0.1) is 0 Å². The Kier molecular flexibility index (Phi) is 6.87. The van der Waals surface area contributed by atoms with Gasteiger partial charge in [0.15, 0.2) is 6.23 Å². The van der Waals surface area contributed by atoms with Crippen molar-refractivity contribution >= 4 is 31.9 Å². The summed E-state index contributed by atoms with van der Waals surface area (Å²) in [7, 11) is -3.82. The number of nitrogens with zero attached hydrogens (tertiary/aromatic N) is 3. The molecule has 11 heteroatoms. The van der Waals surface area contributed by atoms with Gasteiger partial charge in [-0.25, -0.2) is 22.8 Å². The molecule has 2 atom stereocenters. The van der Waals surface area contributed by atoms with Crippen molar-refractivity contribution in [2.24, 2.45) is 0 Å². The second-order valence-corrected chi connectivity index (χ2v) is 10.8. The van der Waals surface area contributed by atoms with Crippen molar-refractivity contribution in [3.05, 3.63) is 34.2 Å². The third-order valence-corrected chi connectivity index (χ3v) is 7.87. The molecule has 0 bridgehead atoms. The summed E-state index contributed by atoms with van der Waals surface area (Å²) >= 11 is 3.40. The van der Waals surface area contributed by atoms with Crippen molar-refractivity contribution in [3.8, 4) is 5.88 Å². The van der Waals surface area contributed by atoms with Crippen molar-refractivity contribution in [2.75, 3.05) is 0 Å². The summed E-state index contributed by atoms with van der Waals surface area (Å²) < 4.78 is 42.3. The van der Waals surface area contributed by atoms with Gasteiger partial charge in [0.2, 0.25) is 15.9 Å². The van der Waals surface area contributed by atoms with Crippen LogP contribution in [0.5, 0.6) is 5.88 Å². The van der Waals surface area contributed by atoms with Gasteiger partial charge in [-0.3, -0.25) is 4.79 Å². The Bertz CT molecular complexity index is 1100. The third-order valence-electron chi connectivity index (χ3n) is 5.86. The topological polar surface area (TPSA) is 112 Å². The van der Waals surface area contributed by atoms with E-state index in [0.717, 1.165) is 49.8 Å². The smallest absolute Gasteiger partial charge is 0.304 e. The van der Waals surface area contributed by atoms with Crippen LogP contribution in [0.1, 0.15) is 75.9 Å².